The SMILES string of the molecule is CCCN(CC)CCN=C(NCC)N(C)CCC1CCOCC1.I. The summed E-state index contributed by atoms with van der Waals surface area (Å²) >= 11 is 0. The van der Waals surface area contributed by atoms with Crippen molar-refractivity contribution >= 4 is 29.9 Å². The van der Waals surface area contributed by atoms with E-state index in [4.69, 9.17) is 9.73 Å². The first-order chi connectivity index (χ1) is 11.2. The summed E-state index contributed by atoms with van der Waals surface area (Å²) in [6.45, 7) is 14.7. The Morgan fingerprint density at radius 1 is 1.12 bits per heavy atom. The summed E-state index contributed by atoms with van der Waals surface area (Å²) in [5.74, 6) is 1.86. The van der Waals surface area contributed by atoms with E-state index in [0.29, 0.717) is 0 Å². The number of rotatable bonds is 10. The zero-order valence-corrected chi connectivity index (χ0v) is 18.6. The Hall–Kier alpha value is -0.0800. The first-order valence-electron chi connectivity index (χ1n) is 9.50. The van der Waals surface area contributed by atoms with E-state index in [1.165, 1.54) is 32.2 Å². The topological polar surface area (TPSA) is 40.1 Å². The zero-order chi connectivity index (χ0) is 16.9. The van der Waals surface area contributed by atoms with Gasteiger partial charge in [-0.25, -0.2) is 0 Å². The summed E-state index contributed by atoms with van der Waals surface area (Å²) in [5.41, 5.74) is 0. The van der Waals surface area contributed by atoms with E-state index in [1.807, 2.05) is 0 Å². The van der Waals surface area contributed by atoms with Crippen molar-refractivity contribution in [3.8, 4) is 0 Å². The molecule has 1 heterocycles. The van der Waals surface area contributed by atoms with Gasteiger partial charge in [-0.2, -0.15) is 0 Å². The first kappa shape index (κ1) is 23.9. The Morgan fingerprint density at radius 2 is 1.83 bits per heavy atom. The van der Waals surface area contributed by atoms with Crippen molar-refractivity contribution in [1.29, 1.82) is 0 Å². The minimum absolute atomic E-state index is 0. The molecule has 5 nitrogen and oxygen atoms in total. The Morgan fingerprint density at radius 3 is 2.42 bits per heavy atom. The average Bonchev–Trinajstić information content (AvgIpc) is 2.59. The summed E-state index contributed by atoms with van der Waals surface area (Å²) in [4.78, 5) is 9.57. The highest BCUT2D eigenvalue weighted by Crippen LogP contribution is 2.18. The fourth-order valence-electron chi connectivity index (χ4n) is 3.03. The fourth-order valence-corrected chi connectivity index (χ4v) is 3.03. The van der Waals surface area contributed by atoms with Crippen molar-refractivity contribution in [2.24, 2.45) is 10.9 Å². The number of ether oxygens (including phenoxy) is 1. The number of hydrogen-bond donors (Lipinski definition) is 1. The lowest BCUT2D eigenvalue weighted by atomic mass is 9.96. The van der Waals surface area contributed by atoms with Crippen LogP contribution in [0.3, 0.4) is 0 Å². The van der Waals surface area contributed by atoms with Crippen LogP contribution in [0.2, 0.25) is 0 Å². The molecule has 0 radical (unpaired) electrons. The van der Waals surface area contributed by atoms with E-state index in [9.17, 15) is 0 Å². The molecule has 1 saturated heterocycles. The van der Waals surface area contributed by atoms with Crippen LogP contribution in [-0.2, 0) is 4.74 Å². The van der Waals surface area contributed by atoms with Gasteiger partial charge in [0, 0.05) is 39.9 Å². The number of nitrogens with one attached hydrogen (secondary N) is 1. The molecule has 1 fully saturated rings. The van der Waals surface area contributed by atoms with Gasteiger partial charge in [-0.15, -0.1) is 24.0 Å². The van der Waals surface area contributed by atoms with Crippen molar-refractivity contribution in [2.75, 3.05) is 59.5 Å². The van der Waals surface area contributed by atoms with E-state index in [1.54, 1.807) is 0 Å². The number of likely N-dealkylation sites (N-methyl/N-ethyl adjacent to an activating group) is 1. The molecule has 0 spiro atoms. The van der Waals surface area contributed by atoms with E-state index in [0.717, 1.165) is 57.8 Å². The highest BCUT2D eigenvalue weighted by atomic mass is 127. The molecule has 1 aliphatic heterocycles. The molecule has 0 bridgehead atoms. The second-order valence-electron chi connectivity index (χ2n) is 6.44. The maximum absolute atomic E-state index is 5.44. The number of guanidine groups is 1. The summed E-state index contributed by atoms with van der Waals surface area (Å²) in [7, 11) is 2.16. The molecule has 0 saturated carbocycles. The van der Waals surface area contributed by atoms with Crippen LogP contribution in [0.15, 0.2) is 4.99 Å². The Labute approximate surface area is 166 Å². The zero-order valence-electron chi connectivity index (χ0n) is 16.2. The molecule has 1 N–H and O–H groups in total. The quantitative estimate of drug-likeness (QED) is 0.313. The molecule has 24 heavy (non-hydrogen) atoms. The molecule has 0 atom stereocenters. The summed E-state index contributed by atoms with van der Waals surface area (Å²) < 4.78 is 5.44. The molecule has 144 valence electrons. The fraction of sp³-hybridized carbons (Fsp3) is 0.944. The third kappa shape index (κ3) is 10.0. The molecule has 0 unspecified atom stereocenters. The lowest BCUT2D eigenvalue weighted by Crippen LogP contribution is -2.40. The van der Waals surface area contributed by atoms with E-state index in [2.05, 4.69) is 42.9 Å². The minimum Gasteiger partial charge on any atom is -0.381 e. The molecular formula is C18H39IN4O. The smallest absolute Gasteiger partial charge is 0.193 e. The van der Waals surface area contributed by atoms with Crippen LogP contribution in [-0.4, -0.2) is 75.3 Å². The molecule has 0 amide bonds. The standard InChI is InChI=1S/C18H38N4O.HI/c1-5-12-22(7-3)14-11-20-18(19-6-2)21(4)13-8-17-9-15-23-16-10-17;/h17H,5-16H2,1-4H3,(H,19,20);1H. The molecule has 0 aromatic heterocycles. The van der Waals surface area contributed by atoms with Crippen molar-refractivity contribution in [2.45, 2.75) is 46.5 Å². The van der Waals surface area contributed by atoms with Gasteiger partial charge < -0.3 is 19.9 Å². The maximum atomic E-state index is 5.44. The van der Waals surface area contributed by atoms with Crippen molar-refractivity contribution < 1.29 is 4.74 Å². The Kier molecular flexibility index (Phi) is 15.1. The molecular weight excluding hydrogens is 415 g/mol. The van der Waals surface area contributed by atoms with E-state index in [-0.39, 0.29) is 24.0 Å². The number of hydrogen-bond acceptors (Lipinski definition) is 3. The Bertz CT molecular complexity index is 322. The van der Waals surface area contributed by atoms with Crippen LogP contribution < -0.4 is 5.32 Å². The van der Waals surface area contributed by atoms with Gasteiger partial charge in [0.15, 0.2) is 5.96 Å². The second-order valence-corrected chi connectivity index (χ2v) is 6.44. The summed E-state index contributed by atoms with van der Waals surface area (Å²) in [6.07, 6.45) is 4.87. The highest BCUT2D eigenvalue weighted by molar-refractivity contribution is 14.0. The largest absolute Gasteiger partial charge is 0.381 e. The van der Waals surface area contributed by atoms with Gasteiger partial charge in [-0.1, -0.05) is 13.8 Å². The average molecular weight is 454 g/mol. The monoisotopic (exact) mass is 454 g/mol. The number of nitrogens with zero attached hydrogens (tertiary/aromatic N) is 3. The van der Waals surface area contributed by atoms with E-state index < -0.39 is 0 Å². The number of aliphatic imine (C=N–C) groups is 1. The van der Waals surface area contributed by atoms with Gasteiger partial charge in [0.05, 0.1) is 6.54 Å². The summed E-state index contributed by atoms with van der Waals surface area (Å²) in [6, 6.07) is 0. The molecule has 0 aromatic rings. The van der Waals surface area contributed by atoms with Crippen LogP contribution in [0.5, 0.6) is 0 Å². The third-order valence-electron chi connectivity index (χ3n) is 4.57. The summed E-state index contributed by atoms with van der Waals surface area (Å²) in [5, 5.41) is 3.43. The first-order valence-corrected chi connectivity index (χ1v) is 9.50. The molecule has 1 aliphatic rings. The lowest BCUT2D eigenvalue weighted by molar-refractivity contribution is 0.0625. The normalized spacial score (nSPS) is 16.1. The second kappa shape index (κ2) is 15.2. The van der Waals surface area contributed by atoms with Gasteiger partial charge in [-0.05, 0) is 51.6 Å². The van der Waals surface area contributed by atoms with Gasteiger partial charge in [0.1, 0.15) is 0 Å². The van der Waals surface area contributed by atoms with Gasteiger partial charge in [0.25, 0.3) is 0 Å². The van der Waals surface area contributed by atoms with Crippen LogP contribution in [0, 0.1) is 5.92 Å². The minimum atomic E-state index is 0. The molecule has 0 aliphatic carbocycles. The molecule has 6 heteroatoms. The van der Waals surface area contributed by atoms with Gasteiger partial charge in [-0.3, -0.25) is 4.99 Å². The predicted octanol–water partition coefficient (Wildman–Crippen LogP) is 3.05. The van der Waals surface area contributed by atoms with Crippen LogP contribution in [0.1, 0.15) is 46.5 Å². The van der Waals surface area contributed by atoms with Gasteiger partial charge in [0.2, 0.25) is 0 Å². The van der Waals surface area contributed by atoms with E-state index >= 15 is 0 Å². The lowest BCUT2D eigenvalue weighted by Gasteiger charge is -2.27. The molecule has 1 rings (SSSR count). The van der Waals surface area contributed by atoms with Crippen LogP contribution in [0.25, 0.3) is 0 Å². The third-order valence-corrected chi connectivity index (χ3v) is 4.57. The van der Waals surface area contributed by atoms with Crippen molar-refractivity contribution in [3.05, 3.63) is 0 Å². The molecule has 0 aromatic carbocycles. The van der Waals surface area contributed by atoms with Crippen LogP contribution >= 0.6 is 24.0 Å². The van der Waals surface area contributed by atoms with Gasteiger partial charge >= 0.3 is 0 Å². The van der Waals surface area contributed by atoms with Crippen molar-refractivity contribution in [3.63, 3.8) is 0 Å². The van der Waals surface area contributed by atoms with Crippen LogP contribution in [0.4, 0.5) is 0 Å². The highest BCUT2D eigenvalue weighted by Gasteiger charge is 2.15. The number of halogens is 1. The Balaban J connectivity index is 0.00000529. The maximum Gasteiger partial charge on any atom is 0.193 e. The predicted molar refractivity (Wildman–Crippen MR) is 115 cm³/mol. The van der Waals surface area contributed by atoms with Crippen molar-refractivity contribution in [1.82, 2.24) is 15.1 Å².